The molecule has 2 aliphatic rings. The Morgan fingerprint density at radius 3 is 2.36 bits per heavy atom. The number of carboxylic acids is 1. The number of ether oxygens (including phenoxy) is 1. The molecule has 0 spiro atoms. The molecule has 2 N–H and O–H groups in total. The first-order valence-corrected chi connectivity index (χ1v) is 11.3. The molecular weight excluding hydrogens is 455 g/mol. The van der Waals surface area contributed by atoms with E-state index >= 15 is 0 Å². The number of thioether (sulfide) groups is 1. The van der Waals surface area contributed by atoms with Crippen molar-refractivity contribution in [1.82, 2.24) is 5.32 Å². The SMILES string of the molecule is CC1=CSC2C=CC(C(=O)N[C@H](C(=O)O)C(C)(C)C)=C(OCc3ccc(C(F)(F)F)cc3)C12. The first kappa shape index (κ1) is 25.0. The van der Waals surface area contributed by atoms with Gasteiger partial charge in [0.15, 0.2) is 0 Å². The molecule has 0 radical (unpaired) electrons. The minimum Gasteiger partial charge on any atom is -0.492 e. The lowest BCUT2D eigenvalue weighted by molar-refractivity contribution is -0.144. The van der Waals surface area contributed by atoms with Gasteiger partial charge < -0.3 is 15.2 Å². The summed E-state index contributed by atoms with van der Waals surface area (Å²) >= 11 is 1.59. The van der Waals surface area contributed by atoms with Crippen LogP contribution >= 0.6 is 11.8 Å². The zero-order valence-corrected chi connectivity index (χ0v) is 19.5. The maximum atomic E-state index is 13.1. The van der Waals surface area contributed by atoms with Crippen LogP contribution in [0.5, 0.6) is 0 Å². The van der Waals surface area contributed by atoms with Gasteiger partial charge in [-0.25, -0.2) is 4.79 Å². The van der Waals surface area contributed by atoms with Crippen LogP contribution in [-0.2, 0) is 27.1 Å². The van der Waals surface area contributed by atoms with Gasteiger partial charge in [0.25, 0.3) is 5.91 Å². The van der Waals surface area contributed by atoms with E-state index in [0.717, 1.165) is 17.7 Å². The molecule has 1 amide bonds. The summed E-state index contributed by atoms with van der Waals surface area (Å²) in [6.07, 6.45) is -0.917. The van der Waals surface area contributed by atoms with Crippen molar-refractivity contribution in [3.8, 4) is 0 Å². The van der Waals surface area contributed by atoms with Gasteiger partial charge in [0.2, 0.25) is 0 Å². The van der Waals surface area contributed by atoms with Crippen LogP contribution in [0.25, 0.3) is 0 Å². The maximum Gasteiger partial charge on any atom is 0.416 e. The number of amides is 1. The molecule has 3 atom stereocenters. The van der Waals surface area contributed by atoms with Gasteiger partial charge in [-0.2, -0.15) is 13.2 Å². The zero-order chi connectivity index (χ0) is 24.6. The Bertz CT molecular complexity index is 1020. The van der Waals surface area contributed by atoms with Crippen molar-refractivity contribution >= 4 is 23.6 Å². The second-order valence-electron chi connectivity index (χ2n) is 9.17. The summed E-state index contributed by atoms with van der Waals surface area (Å²) in [5.41, 5.74) is 0.260. The molecule has 0 aromatic heterocycles. The Hall–Kier alpha value is -2.68. The molecule has 1 heterocycles. The molecule has 0 fully saturated rings. The fourth-order valence-corrected chi connectivity index (χ4v) is 4.90. The third-order valence-electron chi connectivity index (χ3n) is 5.54. The first-order chi connectivity index (χ1) is 15.3. The van der Waals surface area contributed by atoms with Crippen molar-refractivity contribution < 1.29 is 32.6 Å². The summed E-state index contributed by atoms with van der Waals surface area (Å²) in [5, 5.41) is 14.2. The summed E-state index contributed by atoms with van der Waals surface area (Å²) < 4.78 is 44.5. The van der Waals surface area contributed by atoms with Gasteiger partial charge in [-0.3, -0.25) is 4.79 Å². The molecule has 3 rings (SSSR count). The number of benzene rings is 1. The molecular formula is C24H26F3NO4S. The number of aliphatic carboxylic acids is 1. The molecule has 5 nitrogen and oxygen atoms in total. The molecule has 1 aromatic carbocycles. The number of carbonyl (C=O) groups excluding carboxylic acids is 1. The summed E-state index contributed by atoms with van der Waals surface area (Å²) in [6.45, 7) is 7.05. The fourth-order valence-electron chi connectivity index (χ4n) is 3.71. The predicted molar refractivity (Wildman–Crippen MR) is 120 cm³/mol. The Morgan fingerprint density at radius 2 is 1.82 bits per heavy atom. The van der Waals surface area contributed by atoms with Crippen LogP contribution in [0.2, 0.25) is 0 Å². The van der Waals surface area contributed by atoms with E-state index in [1.807, 2.05) is 18.4 Å². The van der Waals surface area contributed by atoms with Crippen LogP contribution in [0.15, 0.2) is 58.7 Å². The number of rotatable bonds is 6. The summed E-state index contributed by atoms with van der Waals surface area (Å²) in [5.74, 6) is -1.54. The van der Waals surface area contributed by atoms with Crippen molar-refractivity contribution in [1.29, 1.82) is 0 Å². The topological polar surface area (TPSA) is 75.6 Å². The zero-order valence-electron chi connectivity index (χ0n) is 18.7. The highest BCUT2D eigenvalue weighted by Gasteiger charge is 2.39. The highest BCUT2D eigenvalue weighted by molar-refractivity contribution is 8.03. The van der Waals surface area contributed by atoms with Crippen LogP contribution in [0, 0.1) is 11.3 Å². The molecule has 0 saturated carbocycles. The summed E-state index contributed by atoms with van der Waals surface area (Å²) in [6, 6.07) is 3.54. The fraction of sp³-hybridized carbons (Fsp3) is 0.417. The number of fused-ring (bicyclic) bond motifs is 1. The summed E-state index contributed by atoms with van der Waals surface area (Å²) in [4.78, 5) is 24.8. The van der Waals surface area contributed by atoms with E-state index in [0.29, 0.717) is 11.3 Å². The molecule has 9 heteroatoms. The molecule has 2 unspecified atom stereocenters. The largest absolute Gasteiger partial charge is 0.492 e. The van der Waals surface area contributed by atoms with Gasteiger partial charge in [-0.15, -0.1) is 11.8 Å². The molecule has 0 saturated heterocycles. The van der Waals surface area contributed by atoms with Crippen LogP contribution in [0.3, 0.4) is 0 Å². The predicted octanol–water partition coefficient (Wildman–Crippen LogP) is 5.30. The smallest absolute Gasteiger partial charge is 0.416 e. The Kier molecular flexibility index (Phi) is 7.02. The van der Waals surface area contributed by atoms with Gasteiger partial charge in [0.1, 0.15) is 18.4 Å². The van der Waals surface area contributed by atoms with Gasteiger partial charge in [0, 0.05) is 5.25 Å². The average Bonchev–Trinajstić information content (AvgIpc) is 3.09. The van der Waals surface area contributed by atoms with Crippen molar-refractivity contribution in [2.45, 2.75) is 51.8 Å². The van der Waals surface area contributed by atoms with E-state index in [1.54, 1.807) is 38.6 Å². The van der Waals surface area contributed by atoms with Gasteiger partial charge in [0.05, 0.1) is 17.1 Å². The van der Waals surface area contributed by atoms with Crippen LogP contribution in [0.1, 0.15) is 38.8 Å². The number of nitrogens with one attached hydrogen (secondary N) is 1. The molecule has 33 heavy (non-hydrogen) atoms. The molecule has 1 aromatic rings. The number of halogens is 3. The van der Waals surface area contributed by atoms with Gasteiger partial charge in [-0.05, 0) is 41.5 Å². The van der Waals surface area contributed by atoms with Gasteiger partial charge >= 0.3 is 12.1 Å². The lowest BCUT2D eigenvalue weighted by atomic mass is 9.85. The molecule has 178 valence electrons. The quantitative estimate of drug-likeness (QED) is 0.577. The van der Waals surface area contributed by atoms with Crippen molar-refractivity contribution in [3.05, 3.63) is 69.9 Å². The summed E-state index contributed by atoms with van der Waals surface area (Å²) in [7, 11) is 0. The third-order valence-corrected chi connectivity index (χ3v) is 6.79. The van der Waals surface area contributed by atoms with E-state index in [1.165, 1.54) is 12.1 Å². The van der Waals surface area contributed by atoms with E-state index < -0.39 is 35.1 Å². The minimum absolute atomic E-state index is 0.0269. The third kappa shape index (κ3) is 5.63. The first-order valence-electron chi connectivity index (χ1n) is 10.4. The monoisotopic (exact) mass is 481 g/mol. The number of allylic oxidation sites excluding steroid dienone is 1. The lowest BCUT2D eigenvalue weighted by Crippen LogP contribution is -2.49. The second kappa shape index (κ2) is 9.29. The minimum atomic E-state index is -4.43. The molecule has 1 aliphatic carbocycles. The lowest BCUT2D eigenvalue weighted by Gasteiger charge is -2.30. The van der Waals surface area contributed by atoms with Gasteiger partial charge in [-0.1, -0.05) is 44.6 Å². The molecule has 0 bridgehead atoms. The second-order valence-corrected chi connectivity index (χ2v) is 10.2. The number of hydrogen-bond donors (Lipinski definition) is 2. The number of carboxylic acid groups (broad SMARTS) is 1. The Labute approximate surface area is 194 Å². The van der Waals surface area contributed by atoms with E-state index in [2.05, 4.69) is 5.32 Å². The normalized spacial score (nSPS) is 21.4. The highest BCUT2D eigenvalue weighted by atomic mass is 32.2. The Morgan fingerprint density at radius 1 is 1.18 bits per heavy atom. The van der Waals surface area contributed by atoms with Crippen LogP contribution in [0.4, 0.5) is 13.2 Å². The van der Waals surface area contributed by atoms with E-state index in [9.17, 15) is 27.9 Å². The number of hydrogen-bond acceptors (Lipinski definition) is 4. The number of carbonyl (C=O) groups is 2. The van der Waals surface area contributed by atoms with E-state index in [-0.39, 0.29) is 23.3 Å². The van der Waals surface area contributed by atoms with Crippen LogP contribution in [-0.4, -0.2) is 28.3 Å². The maximum absolute atomic E-state index is 13.1. The van der Waals surface area contributed by atoms with Crippen LogP contribution < -0.4 is 5.32 Å². The average molecular weight is 482 g/mol. The molecule has 1 aliphatic heterocycles. The van der Waals surface area contributed by atoms with Crippen molar-refractivity contribution in [2.24, 2.45) is 11.3 Å². The standard InChI is InChI=1S/C24H26F3NO4S/c1-13-12-33-17-10-9-16(21(29)28-20(22(30)31)23(2,3)4)19(18(13)17)32-11-14-5-7-15(8-6-14)24(25,26)27/h5-10,12,17-18,20H,11H2,1-4H3,(H,28,29)(H,30,31)/t17?,18?,20-/m1/s1. The Balaban J connectivity index is 1.88. The number of alkyl halides is 3. The van der Waals surface area contributed by atoms with E-state index in [4.69, 9.17) is 4.74 Å². The highest BCUT2D eigenvalue weighted by Crippen LogP contribution is 2.45. The van der Waals surface area contributed by atoms with Crippen molar-refractivity contribution in [2.75, 3.05) is 0 Å². The van der Waals surface area contributed by atoms with Crippen molar-refractivity contribution in [3.63, 3.8) is 0 Å².